The van der Waals surface area contributed by atoms with Gasteiger partial charge >= 0.3 is 0 Å². The lowest BCUT2D eigenvalue weighted by molar-refractivity contribution is 0.220. The number of nitrogens with zero attached hydrogens (tertiary/aromatic N) is 1. The molecule has 1 aliphatic carbocycles. The smallest absolute Gasteiger partial charge is 0.262 e. The van der Waals surface area contributed by atoms with E-state index < -0.39 is 10.0 Å². The quantitative estimate of drug-likeness (QED) is 0.635. The number of ether oxygens (including phenoxy) is 1. The molecule has 31 heavy (non-hydrogen) atoms. The van der Waals surface area contributed by atoms with Crippen molar-refractivity contribution < 1.29 is 13.2 Å². The van der Waals surface area contributed by atoms with Crippen LogP contribution in [-0.2, 0) is 22.9 Å². The second kappa shape index (κ2) is 8.17. The van der Waals surface area contributed by atoms with Gasteiger partial charge in [0.15, 0.2) is 0 Å². The topological polar surface area (TPSA) is 58.6 Å². The first-order chi connectivity index (χ1) is 15.1. The number of likely N-dealkylation sites (tertiary alicyclic amines) is 1. The molecule has 0 amide bonds. The molecule has 162 valence electrons. The first-order valence-corrected chi connectivity index (χ1v) is 12.5. The van der Waals surface area contributed by atoms with E-state index in [-0.39, 0.29) is 0 Å². The summed E-state index contributed by atoms with van der Waals surface area (Å²) < 4.78 is 35.3. The standard InChI is InChI=1S/C25H28N2O3S/c1-30-24-14-13-23(21-12-11-19(17-22(21)24)27-15-4-5-16-27)26-31(28,29)25-10-6-8-18-7-2-3-9-20(18)25/h2-3,6-10,13-14,19,26H,4-5,11-12,15-17H2,1H3/t19-/m0/s1. The molecule has 1 heterocycles. The van der Waals surface area contributed by atoms with Gasteiger partial charge in [0.25, 0.3) is 10.0 Å². The summed E-state index contributed by atoms with van der Waals surface area (Å²) in [5.41, 5.74) is 2.88. The summed E-state index contributed by atoms with van der Waals surface area (Å²) in [6.45, 7) is 2.32. The monoisotopic (exact) mass is 436 g/mol. The van der Waals surface area contributed by atoms with E-state index in [9.17, 15) is 8.42 Å². The molecule has 0 radical (unpaired) electrons. The highest BCUT2D eigenvalue weighted by Gasteiger charge is 2.30. The fraction of sp³-hybridized carbons (Fsp3) is 0.360. The Morgan fingerprint density at radius 2 is 1.74 bits per heavy atom. The van der Waals surface area contributed by atoms with Crippen molar-refractivity contribution in [3.8, 4) is 5.75 Å². The molecule has 5 nitrogen and oxygen atoms in total. The number of sulfonamides is 1. The van der Waals surface area contributed by atoms with Gasteiger partial charge in [-0.2, -0.15) is 0 Å². The fourth-order valence-electron chi connectivity index (χ4n) is 5.16. The first-order valence-electron chi connectivity index (χ1n) is 11.0. The van der Waals surface area contributed by atoms with E-state index in [0.717, 1.165) is 60.0 Å². The average Bonchev–Trinajstić information content (AvgIpc) is 3.33. The third kappa shape index (κ3) is 3.79. The highest BCUT2D eigenvalue weighted by Crippen LogP contribution is 2.38. The molecule has 1 saturated heterocycles. The average molecular weight is 437 g/mol. The van der Waals surface area contributed by atoms with Crippen molar-refractivity contribution in [3.05, 3.63) is 65.7 Å². The lowest BCUT2D eigenvalue weighted by Gasteiger charge is -2.33. The molecule has 0 spiro atoms. The van der Waals surface area contributed by atoms with Crippen molar-refractivity contribution in [3.63, 3.8) is 0 Å². The molecule has 6 heteroatoms. The van der Waals surface area contributed by atoms with Gasteiger partial charge in [0.05, 0.1) is 17.7 Å². The SMILES string of the molecule is COc1ccc(NS(=O)(=O)c2cccc3ccccc23)c2c1C[C@@H](N1CCCC1)CC2. The fourth-order valence-corrected chi connectivity index (χ4v) is 6.49. The van der Waals surface area contributed by atoms with Crippen molar-refractivity contribution >= 4 is 26.5 Å². The molecule has 1 atom stereocenters. The number of hydrogen-bond acceptors (Lipinski definition) is 4. The van der Waals surface area contributed by atoms with Crippen LogP contribution in [0.3, 0.4) is 0 Å². The molecule has 0 bridgehead atoms. The molecule has 2 aliphatic rings. The molecule has 0 aromatic heterocycles. The van der Waals surface area contributed by atoms with Crippen LogP contribution in [-0.4, -0.2) is 39.6 Å². The zero-order chi connectivity index (χ0) is 21.4. The highest BCUT2D eigenvalue weighted by atomic mass is 32.2. The van der Waals surface area contributed by atoms with Crippen LogP contribution in [0.2, 0.25) is 0 Å². The summed E-state index contributed by atoms with van der Waals surface area (Å²) in [6.07, 6.45) is 5.34. The summed E-state index contributed by atoms with van der Waals surface area (Å²) in [6, 6.07) is 17.2. The number of rotatable bonds is 5. The van der Waals surface area contributed by atoms with Crippen LogP contribution in [0.15, 0.2) is 59.5 Å². The van der Waals surface area contributed by atoms with Crippen LogP contribution in [0.1, 0.15) is 30.4 Å². The number of fused-ring (bicyclic) bond motifs is 2. The lowest BCUT2D eigenvalue weighted by atomic mass is 9.86. The minimum absolute atomic E-state index is 0.306. The minimum Gasteiger partial charge on any atom is -0.496 e. The molecule has 1 fully saturated rings. The predicted octanol–water partition coefficient (Wildman–Crippen LogP) is 4.60. The van der Waals surface area contributed by atoms with Gasteiger partial charge in [-0.3, -0.25) is 4.72 Å². The molecule has 1 N–H and O–H groups in total. The zero-order valence-electron chi connectivity index (χ0n) is 17.8. The summed E-state index contributed by atoms with van der Waals surface area (Å²) in [5, 5.41) is 1.64. The molecule has 3 aromatic carbocycles. The van der Waals surface area contributed by atoms with E-state index in [1.165, 1.54) is 12.8 Å². The van der Waals surface area contributed by atoms with Gasteiger partial charge in [-0.05, 0) is 74.3 Å². The summed E-state index contributed by atoms with van der Waals surface area (Å²) >= 11 is 0. The molecule has 3 aromatic rings. The van der Waals surface area contributed by atoms with E-state index in [1.807, 2.05) is 42.5 Å². The van der Waals surface area contributed by atoms with Crippen LogP contribution in [0, 0.1) is 0 Å². The van der Waals surface area contributed by atoms with Gasteiger partial charge in [-0.15, -0.1) is 0 Å². The molecular formula is C25H28N2O3S. The Kier molecular flexibility index (Phi) is 5.36. The highest BCUT2D eigenvalue weighted by molar-refractivity contribution is 7.93. The second-order valence-corrected chi connectivity index (χ2v) is 10.1. The number of anilines is 1. The first kappa shape index (κ1) is 20.3. The molecule has 5 rings (SSSR count). The van der Waals surface area contributed by atoms with Crippen LogP contribution in [0.25, 0.3) is 10.8 Å². The van der Waals surface area contributed by atoms with Crippen molar-refractivity contribution in [1.29, 1.82) is 0 Å². The molecule has 0 unspecified atom stereocenters. The third-order valence-corrected chi connectivity index (χ3v) is 8.14. The second-order valence-electron chi connectivity index (χ2n) is 8.49. The number of methoxy groups -OCH3 is 1. The van der Waals surface area contributed by atoms with Crippen LogP contribution in [0.4, 0.5) is 5.69 Å². The maximum atomic E-state index is 13.4. The predicted molar refractivity (Wildman–Crippen MR) is 124 cm³/mol. The van der Waals surface area contributed by atoms with Crippen molar-refractivity contribution in [2.75, 3.05) is 24.9 Å². The van der Waals surface area contributed by atoms with E-state index in [2.05, 4.69) is 9.62 Å². The van der Waals surface area contributed by atoms with Crippen molar-refractivity contribution in [1.82, 2.24) is 4.90 Å². The Hall–Kier alpha value is -2.57. The number of nitrogens with one attached hydrogen (secondary N) is 1. The third-order valence-electron chi connectivity index (χ3n) is 6.72. The van der Waals surface area contributed by atoms with Crippen LogP contribution in [0.5, 0.6) is 5.75 Å². The van der Waals surface area contributed by atoms with Gasteiger partial charge in [0.2, 0.25) is 0 Å². The van der Waals surface area contributed by atoms with Crippen LogP contribution < -0.4 is 9.46 Å². The van der Waals surface area contributed by atoms with Gasteiger partial charge in [0, 0.05) is 17.0 Å². The largest absolute Gasteiger partial charge is 0.496 e. The van der Waals surface area contributed by atoms with Crippen molar-refractivity contribution in [2.45, 2.75) is 43.0 Å². The minimum atomic E-state index is -3.72. The zero-order valence-corrected chi connectivity index (χ0v) is 18.6. The molecular weight excluding hydrogens is 408 g/mol. The van der Waals surface area contributed by atoms with E-state index >= 15 is 0 Å². The van der Waals surface area contributed by atoms with Gasteiger partial charge in [-0.1, -0.05) is 36.4 Å². The van der Waals surface area contributed by atoms with Crippen LogP contribution >= 0.6 is 0 Å². The summed E-state index contributed by atoms with van der Waals surface area (Å²) in [4.78, 5) is 2.89. The summed E-state index contributed by atoms with van der Waals surface area (Å²) in [7, 11) is -2.03. The maximum Gasteiger partial charge on any atom is 0.262 e. The number of hydrogen-bond donors (Lipinski definition) is 1. The van der Waals surface area contributed by atoms with Gasteiger partial charge in [-0.25, -0.2) is 8.42 Å². The Morgan fingerprint density at radius 3 is 2.55 bits per heavy atom. The Bertz CT molecular complexity index is 1210. The van der Waals surface area contributed by atoms with E-state index in [4.69, 9.17) is 4.74 Å². The van der Waals surface area contributed by atoms with E-state index in [1.54, 1.807) is 19.2 Å². The Labute approximate surface area is 184 Å². The molecule has 0 saturated carbocycles. The van der Waals surface area contributed by atoms with Gasteiger partial charge < -0.3 is 9.64 Å². The Balaban J connectivity index is 1.50. The van der Waals surface area contributed by atoms with Crippen molar-refractivity contribution in [2.24, 2.45) is 0 Å². The van der Waals surface area contributed by atoms with E-state index in [0.29, 0.717) is 16.6 Å². The Morgan fingerprint density at radius 1 is 0.968 bits per heavy atom. The maximum absolute atomic E-state index is 13.4. The number of benzene rings is 3. The van der Waals surface area contributed by atoms with Gasteiger partial charge in [0.1, 0.15) is 5.75 Å². The lowest BCUT2D eigenvalue weighted by Crippen LogP contribution is -2.37. The summed E-state index contributed by atoms with van der Waals surface area (Å²) in [5.74, 6) is 0.854. The molecule has 1 aliphatic heterocycles. The normalized spacial score (nSPS) is 19.3.